The number of methoxy groups -OCH3 is 2. The Balaban J connectivity index is 1.49. The van der Waals surface area contributed by atoms with E-state index in [0.29, 0.717) is 30.2 Å². The molecule has 1 aliphatic rings. The van der Waals surface area contributed by atoms with Crippen LogP contribution in [0.3, 0.4) is 0 Å². The van der Waals surface area contributed by atoms with Gasteiger partial charge in [-0.25, -0.2) is 0 Å². The minimum Gasteiger partial charge on any atom is -0.493 e. The van der Waals surface area contributed by atoms with Gasteiger partial charge < -0.3 is 19.5 Å². The second-order valence-corrected chi connectivity index (χ2v) is 6.31. The molecule has 0 aromatic heterocycles. The minimum absolute atomic E-state index is 0.167. The summed E-state index contributed by atoms with van der Waals surface area (Å²) in [5.74, 6) is 1.83. The van der Waals surface area contributed by atoms with Gasteiger partial charge in [-0.05, 0) is 67.1 Å². The zero-order valence-electron chi connectivity index (χ0n) is 15.3. The van der Waals surface area contributed by atoms with Gasteiger partial charge in [0.25, 0.3) is 5.91 Å². The van der Waals surface area contributed by atoms with Crippen molar-refractivity contribution >= 4 is 5.91 Å². The fraction of sp³-hybridized carbons (Fsp3) is 0.381. The quantitative estimate of drug-likeness (QED) is 0.774. The van der Waals surface area contributed by atoms with Gasteiger partial charge in [-0.2, -0.15) is 0 Å². The van der Waals surface area contributed by atoms with Gasteiger partial charge in [0.05, 0.1) is 20.8 Å². The predicted molar refractivity (Wildman–Crippen MR) is 100 cm³/mol. The largest absolute Gasteiger partial charge is 0.493 e. The molecular weight excluding hydrogens is 330 g/mol. The van der Waals surface area contributed by atoms with E-state index in [1.54, 1.807) is 32.4 Å². The number of fused-ring (bicyclic) bond motifs is 1. The Kier molecular flexibility index (Phi) is 6.00. The SMILES string of the molecule is COc1ccc(C(=O)NCCOc2ccc3c(c2)CCCC3)cc1OC. The number of nitrogens with one attached hydrogen (secondary N) is 1. The highest BCUT2D eigenvalue weighted by molar-refractivity contribution is 5.94. The van der Waals surface area contributed by atoms with Crippen molar-refractivity contribution in [2.45, 2.75) is 25.7 Å². The lowest BCUT2D eigenvalue weighted by Crippen LogP contribution is -2.28. The van der Waals surface area contributed by atoms with Crippen LogP contribution < -0.4 is 19.5 Å². The maximum atomic E-state index is 12.3. The third-order valence-corrected chi connectivity index (χ3v) is 4.62. The average Bonchev–Trinajstić information content (AvgIpc) is 2.70. The molecule has 0 unspecified atom stereocenters. The molecule has 26 heavy (non-hydrogen) atoms. The molecule has 0 saturated heterocycles. The van der Waals surface area contributed by atoms with Crippen molar-refractivity contribution in [3.05, 3.63) is 53.1 Å². The lowest BCUT2D eigenvalue weighted by Gasteiger charge is -2.17. The van der Waals surface area contributed by atoms with Crippen molar-refractivity contribution in [3.63, 3.8) is 0 Å². The van der Waals surface area contributed by atoms with Crippen LogP contribution in [0, 0.1) is 0 Å². The minimum atomic E-state index is -0.167. The number of aryl methyl sites for hydroxylation is 2. The Bertz CT molecular complexity index is 773. The topological polar surface area (TPSA) is 56.8 Å². The van der Waals surface area contributed by atoms with E-state index in [-0.39, 0.29) is 5.91 Å². The van der Waals surface area contributed by atoms with Crippen LogP contribution in [-0.2, 0) is 12.8 Å². The molecule has 0 aliphatic heterocycles. The van der Waals surface area contributed by atoms with Gasteiger partial charge in [-0.3, -0.25) is 4.79 Å². The van der Waals surface area contributed by atoms with Gasteiger partial charge in [-0.1, -0.05) is 6.07 Å². The van der Waals surface area contributed by atoms with Crippen LogP contribution in [0.4, 0.5) is 0 Å². The molecule has 0 radical (unpaired) electrons. The first-order valence-electron chi connectivity index (χ1n) is 8.96. The summed E-state index contributed by atoms with van der Waals surface area (Å²) < 4.78 is 16.2. The maximum Gasteiger partial charge on any atom is 0.251 e. The molecule has 0 bridgehead atoms. The Labute approximate surface area is 154 Å². The molecular formula is C21H25NO4. The number of ether oxygens (including phenoxy) is 3. The second kappa shape index (κ2) is 8.61. The summed E-state index contributed by atoms with van der Waals surface area (Å²) in [5.41, 5.74) is 3.35. The first-order chi connectivity index (χ1) is 12.7. The number of hydrogen-bond acceptors (Lipinski definition) is 4. The van der Waals surface area contributed by atoms with Crippen molar-refractivity contribution in [3.8, 4) is 17.2 Å². The van der Waals surface area contributed by atoms with Crippen LogP contribution >= 0.6 is 0 Å². The Morgan fingerprint density at radius 3 is 2.50 bits per heavy atom. The van der Waals surface area contributed by atoms with Gasteiger partial charge in [0.1, 0.15) is 12.4 Å². The molecule has 0 heterocycles. The fourth-order valence-corrected chi connectivity index (χ4v) is 3.21. The second-order valence-electron chi connectivity index (χ2n) is 6.31. The summed E-state index contributed by atoms with van der Waals surface area (Å²) in [7, 11) is 3.11. The number of hydrogen-bond donors (Lipinski definition) is 1. The summed E-state index contributed by atoms with van der Waals surface area (Å²) in [6, 6.07) is 11.4. The molecule has 5 nitrogen and oxygen atoms in total. The normalized spacial score (nSPS) is 12.8. The van der Waals surface area contributed by atoms with Gasteiger partial charge in [0.15, 0.2) is 11.5 Å². The highest BCUT2D eigenvalue weighted by Gasteiger charge is 2.11. The van der Waals surface area contributed by atoms with E-state index in [4.69, 9.17) is 14.2 Å². The van der Waals surface area contributed by atoms with E-state index in [2.05, 4.69) is 17.4 Å². The molecule has 1 amide bonds. The molecule has 0 fully saturated rings. The third kappa shape index (κ3) is 4.28. The molecule has 2 aromatic carbocycles. The lowest BCUT2D eigenvalue weighted by atomic mass is 9.92. The monoisotopic (exact) mass is 355 g/mol. The van der Waals surface area contributed by atoms with Crippen LogP contribution in [-0.4, -0.2) is 33.3 Å². The maximum absolute atomic E-state index is 12.3. The van der Waals surface area contributed by atoms with E-state index in [0.717, 1.165) is 18.6 Å². The molecule has 0 spiro atoms. The average molecular weight is 355 g/mol. The zero-order valence-corrected chi connectivity index (χ0v) is 15.3. The number of benzene rings is 2. The number of rotatable bonds is 7. The molecule has 3 rings (SSSR count). The van der Waals surface area contributed by atoms with Crippen LogP contribution in [0.25, 0.3) is 0 Å². The summed E-state index contributed by atoms with van der Waals surface area (Å²) in [6.07, 6.45) is 4.81. The van der Waals surface area contributed by atoms with Gasteiger partial charge in [0, 0.05) is 5.56 Å². The van der Waals surface area contributed by atoms with Crippen molar-refractivity contribution in [1.29, 1.82) is 0 Å². The van der Waals surface area contributed by atoms with E-state index in [9.17, 15) is 4.79 Å². The van der Waals surface area contributed by atoms with Gasteiger partial charge in [0.2, 0.25) is 0 Å². The molecule has 0 saturated carbocycles. The number of carbonyl (C=O) groups is 1. The summed E-state index contributed by atoms with van der Waals surface area (Å²) in [5, 5.41) is 2.86. The fourth-order valence-electron chi connectivity index (χ4n) is 3.21. The number of amides is 1. The Hall–Kier alpha value is -2.69. The molecule has 138 valence electrons. The predicted octanol–water partition coefficient (Wildman–Crippen LogP) is 3.39. The third-order valence-electron chi connectivity index (χ3n) is 4.62. The smallest absolute Gasteiger partial charge is 0.251 e. The zero-order chi connectivity index (χ0) is 18.4. The Morgan fingerprint density at radius 1 is 0.962 bits per heavy atom. The summed E-state index contributed by atoms with van der Waals surface area (Å²) in [4.78, 5) is 12.3. The van der Waals surface area contributed by atoms with Gasteiger partial charge >= 0.3 is 0 Å². The standard InChI is InChI=1S/C21H25NO4/c1-24-19-10-8-17(14-20(19)25-2)21(23)22-11-12-26-18-9-7-15-5-3-4-6-16(15)13-18/h7-10,13-14H,3-6,11-12H2,1-2H3,(H,22,23). The van der Waals surface area contributed by atoms with E-state index in [1.165, 1.54) is 24.0 Å². The highest BCUT2D eigenvalue weighted by Crippen LogP contribution is 2.27. The summed E-state index contributed by atoms with van der Waals surface area (Å²) >= 11 is 0. The lowest BCUT2D eigenvalue weighted by molar-refractivity contribution is 0.0946. The van der Waals surface area contributed by atoms with Gasteiger partial charge in [-0.15, -0.1) is 0 Å². The van der Waals surface area contributed by atoms with Crippen LogP contribution in [0.5, 0.6) is 17.2 Å². The van der Waals surface area contributed by atoms with Crippen molar-refractivity contribution < 1.29 is 19.0 Å². The van der Waals surface area contributed by atoms with E-state index in [1.807, 2.05) is 6.07 Å². The molecule has 1 aliphatic carbocycles. The first-order valence-corrected chi connectivity index (χ1v) is 8.96. The van der Waals surface area contributed by atoms with Crippen molar-refractivity contribution in [2.75, 3.05) is 27.4 Å². The van der Waals surface area contributed by atoms with E-state index < -0.39 is 0 Å². The molecule has 0 atom stereocenters. The first kappa shape index (κ1) is 18.1. The summed E-state index contributed by atoms with van der Waals surface area (Å²) in [6.45, 7) is 0.863. The van der Waals surface area contributed by atoms with Crippen molar-refractivity contribution in [2.24, 2.45) is 0 Å². The highest BCUT2D eigenvalue weighted by atomic mass is 16.5. The van der Waals surface area contributed by atoms with E-state index >= 15 is 0 Å². The molecule has 1 N–H and O–H groups in total. The molecule has 5 heteroatoms. The number of carbonyl (C=O) groups excluding carboxylic acids is 1. The molecule has 2 aromatic rings. The van der Waals surface area contributed by atoms with Crippen LogP contribution in [0.15, 0.2) is 36.4 Å². The van der Waals surface area contributed by atoms with Crippen LogP contribution in [0.2, 0.25) is 0 Å². The Morgan fingerprint density at radius 2 is 1.73 bits per heavy atom. The van der Waals surface area contributed by atoms with Crippen LogP contribution in [0.1, 0.15) is 34.3 Å². The van der Waals surface area contributed by atoms with Crippen molar-refractivity contribution in [1.82, 2.24) is 5.32 Å².